The molecule has 1 aliphatic heterocycles. The lowest BCUT2D eigenvalue weighted by molar-refractivity contribution is -0.133. The number of rotatable bonds is 7. The van der Waals surface area contributed by atoms with Crippen molar-refractivity contribution >= 4 is 46.3 Å². The number of anilines is 1. The van der Waals surface area contributed by atoms with Crippen molar-refractivity contribution in [1.29, 1.82) is 0 Å². The van der Waals surface area contributed by atoms with Crippen LogP contribution < -0.4 is 5.32 Å². The molecule has 9 heteroatoms. The minimum atomic E-state index is -0.301. The maximum absolute atomic E-state index is 13.2. The van der Waals surface area contributed by atoms with Gasteiger partial charge >= 0.3 is 0 Å². The Morgan fingerprint density at radius 2 is 1.90 bits per heavy atom. The highest BCUT2D eigenvalue weighted by Gasteiger charge is 2.30. The number of halogens is 1. The lowest BCUT2D eigenvalue weighted by Crippen LogP contribution is -2.44. The molecular formula is C31H38ClN5O3. The van der Waals surface area contributed by atoms with Crippen LogP contribution in [0.4, 0.5) is 5.95 Å². The van der Waals surface area contributed by atoms with E-state index in [1.807, 2.05) is 27.7 Å². The van der Waals surface area contributed by atoms with Crippen LogP contribution in [0.3, 0.4) is 0 Å². The average Bonchev–Trinajstić information content (AvgIpc) is 3.27. The highest BCUT2D eigenvalue weighted by atomic mass is 35.5. The minimum absolute atomic E-state index is 0.0122. The van der Waals surface area contributed by atoms with Gasteiger partial charge in [0.15, 0.2) is 0 Å². The zero-order valence-electron chi connectivity index (χ0n) is 23.9. The van der Waals surface area contributed by atoms with Crippen LogP contribution in [0.5, 0.6) is 0 Å². The van der Waals surface area contributed by atoms with Crippen molar-refractivity contribution in [2.75, 3.05) is 18.4 Å². The highest BCUT2D eigenvalue weighted by Crippen LogP contribution is 2.32. The molecule has 1 saturated heterocycles. The molecule has 0 saturated carbocycles. The van der Waals surface area contributed by atoms with E-state index in [1.165, 1.54) is 6.08 Å². The molecular weight excluding hydrogens is 526 g/mol. The van der Waals surface area contributed by atoms with E-state index in [9.17, 15) is 14.4 Å². The first-order valence-electron chi connectivity index (χ1n) is 13.7. The van der Waals surface area contributed by atoms with Crippen molar-refractivity contribution in [3.8, 4) is 0 Å². The minimum Gasteiger partial charge on any atom is -0.337 e. The topological polar surface area (TPSA) is 87.5 Å². The molecule has 2 atom stereocenters. The maximum Gasteiger partial charge on any atom is 0.257 e. The highest BCUT2D eigenvalue weighted by molar-refractivity contribution is 6.30. The number of benzene rings is 2. The lowest BCUT2D eigenvalue weighted by Gasteiger charge is -2.37. The second kappa shape index (κ2) is 11.8. The fourth-order valence-corrected chi connectivity index (χ4v) is 5.28. The van der Waals surface area contributed by atoms with E-state index in [-0.39, 0.29) is 35.2 Å². The van der Waals surface area contributed by atoms with E-state index in [1.54, 1.807) is 36.1 Å². The Bertz CT molecular complexity index is 1420. The van der Waals surface area contributed by atoms with Crippen molar-refractivity contribution in [1.82, 2.24) is 19.4 Å². The van der Waals surface area contributed by atoms with Gasteiger partial charge in [0.1, 0.15) is 0 Å². The van der Waals surface area contributed by atoms with Crippen LogP contribution in [0.1, 0.15) is 69.4 Å². The zero-order valence-corrected chi connectivity index (χ0v) is 24.7. The van der Waals surface area contributed by atoms with E-state index in [0.717, 1.165) is 23.9 Å². The first-order chi connectivity index (χ1) is 18.9. The molecule has 3 aromatic rings. The Morgan fingerprint density at radius 3 is 2.52 bits per heavy atom. The summed E-state index contributed by atoms with van der Waals surface area (Å²) < 4.78 is 2.02. The summed E-state index contributed by atoms with van der Waals surface area (Å²) in [6, 6.07) is 12.6. The summed E-state index contributed by atoms with van der Waals surface area (Å²) in [7, 11) is 0. The van der Waals surface area contributed by atoms with E-state index in [4.69, 9.17) is 16.6 Å². The van der Waals surface area contributed by atoms with E-state index >= 15 is 0 Å². The molecule has 1 N–H and O–H groups in total. The third-order valence-electron chi connectivity index (χ3n) is 7.81. The summed E-state index contributed by atoms with van der Waals surface area (Å²) in [5.74, 6) is 0.0140. The quantitative estimate of drug-likeness (QED) is 0.353. The van der Waals surface area contributed by atoms with Gasteiger partial charge in [-0.25, -0.2) is 4.98 Å². The molecule has 0 radical (unpaired) electrons. The smallest absolute Gasteiger partial charge is 0.257 e. The summed E-state index contributed by atoms with van der Waals surface area (Å²) in [5.41, 5.74) is 2.90. The van der Waals surface area contributed by atoms with Crippen LogP contribution in [0.15, 0.2) is 55.1 Å². The van der Waals surface area contributed by atoms with E-state index in [0.29, 0.717) is 41.7 Å². The Hall–Kier alpha value is -3.65. The van der Waals surface area contributed by atoms with Crippen LogP contribution in [0.25, 0.3) is 11.0 Å². The number of amides is 3. The molecule has 0 bridgehead atoms. The number of piperidine rings is 1. The molecule has 40 heavy (non-hydrogen) atoms. The Balaban J connectivity index is 1.73. The van der Waals surface area contributed by atoms with Crippen LogP contribution in [-0.2, 0) is 16.1 Å². The summed E-state index contributed by atoms with van der Waals surface area (Å²) in [6.07, 6.45) is 2.99. The van der Waals surface area contributed by atoms with Gasteiger partial charge < -0.3 is 14.4 Å². The summed E-state index contributed by atoms with van der Waals surface area (Å²) in [6.45, 7) is 15.3. The summed E-state index contributed by atoms with van der Waals surface area (Å²) in [5, 5.41) is 3.54. The molecule has 3 amide bonds. The molecule has 1 fully saturated rings. The van der Waals surface area contributed by atoms with Gasteiger partial charge in [0, 0.05) is 43.2 Å². The fourth-order valence-electron chi connectivity index (χ4n) is 5.16. The number of carbonyl (C=O) groups is 3. The third kappa shape index (κ3) is 6.39. The van der Waals surface area contributed by atoms with Gasteiger partial charge in [-0.3, -0.25) is 19.7 Å². The number of hydrogen-bond donors (Lipinski definition) is 1. The third-order valence-corrected chi connectivity index (χ3v) is 8.06. The lowest BCUT2D eigenvalue weighted by atomic mass is 9.86. The van der Waals surface area contributed by atoms with Gasteiger partial charge in [0.25, 0.3) is 5.91 Å². The second-order valence-electron chi connectivity index (χ2n) is 11.6. The van der Waals surface area contributed by atoms with Gasteiger partial charge in [-0.15, -0.1) is 0 Å². The number of carbonyl (C=O) groups excluding carboxylic acids is 3. The van der Waals surface area contributed by atoms with Crippen molar-refractivity contribution in [3.63, 3.8) is 0 Å². The Labute approximate surface area is 241 Å². The number of nitrogens with zero attached hydrogens (tertiary/aromatic N) is 4. The predicted octanol–water partition coefficient (Wildman–Crippen LogP) is 6.07. The van der Waals surface area contributed by atoms with E-state index < -0.39 is 0 Å². The molecule has 2 heterocycles. The molecule has 212 valence electrons. The first kappa shape index (κ1) is 29.3. The number of nitrogens with one attached hydrogen (secondary N) is 1. The molecule has 1 unspecified atom stereocenters. The number of likely N-dealkylation sites (tertiary alicyclic amines) is 1. The first-order valence-corrected chi connectivity index (χ1v) is 14.0. The van der Waals surface area contributed by atoms with Gasteiger partial charge in [-0.1, -0.05) is 45.0 Å². The number of imidazole rings is 1. The molecule has 1 aliphatic rings. The number of hydrogen-bond acceptors (Lipinski definition) is 4. The van der Waals surface area contributed by atoms with Crippen LogP contribution in [-0.4, -0.2) is 56.2 Å². The van der Waals surface area contributed by atoms with Crippen LogP contribution in [0, 0.1) is 5.41 Å². The summed E-state index contributed by atoms with van der Waals surface area (Å²) >= 11 is 6.01. The van der Waals surface area contributed by atoms with Gasteiger partial charge in [0.05, 0.1) is 17.1 Å². The standard InChI is InChI=1S/C31H38ClN5O3/c1-7-28(39)35-16-8-9-25(19-35)37-27-15-10-22(18-36(21(3)38)20(2)31(4,5)6)17-26(27)33-30(37)34-29(40)23-11-13-24(32)14-12-23/h7,10-15,17,20,25H,1,8-9,16,18-19H2,2-6H3,(H,33,34,40)/t20-,25?/m0/s1. The molecule has 0 spiro atoms. The van der Waals surface area contributed by atoms with Crippen LogP contribution >= 0.6 is 11.6 Å². The molecule has 0 aliphatic carbocycles. The Morgan fingerprint density at radius 1 is 1.20 bits per heavy atom. The molecule has 4 rings (SSSR count). The van der Waals surface area contributed by atoms with Crippen molar-refractivity contribution < 1.29 is 14.4 Å². The van der Waals surface area contributed by atoms with Crippen LogP contribution in [0.2, 0.25) is 5.02 Å². The van der Waals surface area contributed by atoms with Gasteiger partial charge in [-0.05, 0) is 73.2 Å². The normalized spacial score (nSPS) is 16.4. The predicted molar refractivity (Wildman–Crippen MR) is 159 cm³/mol. The van der Waals surface area contributed by atoms with Crippen molar-refractivity contribution in [2.45, 2.75) is 66.1 Å². The maximum atomic E-state index is 13.2. The second-order valence-corrected chi connectivity index (χ2v) is 12.0. The number of fused-ring (bicyclic) bond motifs is 1. The molecule has 2 aromatic carbocycles. The monoisotopic (exact) mass is 563 g/mol. The van der Waals surface area contributed by atoms with Gasteiger partial charge in [-0.2, -0.15) is 0 Å². The number of aromatic nitrogens is 2. The van der Waals surface area contributed by atoms with Gasteiger partial charge in [0.2, 0.25) is 17.8 Å². The summed E-state index contributed by atoms with van der Waals surface area (Å²) in [4.78, 5) is 46.7. The SMILES string of the molecule is C=CC(=O)N1CCCC(n2c(NC(=O)c3ccc(Cl)cc3)nc3cc(CN(C(C)=O)[C@@H](C)C(C)(C)C)ccc32)C1. The molecule has 8 nitrogen and oxygen atoms in total. The largest absolute Gasteiger partial charge is 0.337 e. The molecule has 1 aromatic heterocycles. The Kier molecular flexibility index (Phi) is 8.68. The van der Waals surface area contributed by atoms with E-state index in [2.05, 4.69) is 39.6 Å². The fraction of sp³-hybridized carbons (Fsp3) is 0.419. The van der Waals surface area contributed by atoms with Crippen molar-refractivity contribution in [3.05, 3.63) is 71.3 Å². The average molecular weight is 564 g/mol. The van der Waals surface area contributed by atoms with Crippen molar-refractivity contribution in [2.24, 2.45) is 5.41 Å². The zero-order chi connectivity index (χ0) is 29.2.